The highest BCUT2D eigenvalue weighted by molar-refractivity contribution is 5.75. The summed E-state index contributed by atoms with van der Waals surface area (Å²) in [6.07, 6.45) is 11.8. The first kappa shape index (κ1) is 9.84. The van der Waals surface area contributed by atoms with Crippen molar-refractivity contribution in [2.75, 3.05) is 0 Å². The van der Waals surface area contributed by atoms with Crippen LogP contribution in [0.2, 0.25) is 0 Å². The van der Waals surface area contributed by atoms with E-state index in [9.17, 15) is 0 Å². The monoisotopic (exact) mass is 225 g/mol. The molecule has 2 aromatic rings. The molecule has 0 aromatic carbocycles. The van der Waals surface area contributed by atoms with E-state index in [1.807, 2.05) is 30.4 Å². The smallest absolute Gasteiger partial charge is 0.223 e. The lowest BCUT2D eigenvalue weighted by atomic mass is 10.2. The molecule has 0 spiro atoms. The minimum atomic E-state index is 0.628. The second-order valence-electron chi connectivity index (χ2n) is 3.82. The fraction of sp³-hybridized carbons (Fsp3) is 0.0769. The minimum Gasteiger partial charge on any atom is -0.435 e. The third-order valence-corrected chi connectivity index (χ3v) is 2.61. The van der Waals surface area contributed by atoms with Gasteiger partial charge in [-0.15, -0.1) is 0 Å². The van der Waals surface area contributed by atoms with Crippen LogP contribution in [-0.2, 0) is 0 Å². The Labute approximate surface area is 98.2 Å². The van der Waals surface area contributed by atoms with Crippen molar-refractivity contribution < 1.29 is 4.42 Å². The Hall–Kier alpha value is -2.36. The fourth-order valence-electron chi connectivity index (χ4n) is 1.72. The van der Waals surface area contributed by atoms with E-state index in [-0.39, 0.29) is 0 Å². The molecule has 0 aliphatic heterocycles. The number of rotatable bonds is 1. The van der Waals surface area contributed by atoms with E-state index in [1.54, 1.807) is 12.4 Å². The number of hydrogen-bond acceptors (Lipinski definition) is 4. The zero-order chi connectivity index (χ0) is 11.7. The van der Waals surface area contributed by atoms with Gasteiger partial charge in [-0.2, -0.15) is 0 Å². The summed E-state index contributed by atoms with van der Waals surface area (Å²) in [5.74, 6) is 0.628. The topological polar surface area (TPSA) is 64.9 Å². The fourth-order valence-corrected chi connectivity index (χ4v) is 1.72. The number of aromatic nitrogens is 2. The normalized spacial score (nSPS) is 15.5. The van der Waals surface area contributed by atoms with Gasteiger partial charge in [0.15, 0.2) is 5.58 Å². The van der Waals surface area contributed by atoms with Crippen molar-refractivity contribution in [3.05, 3.63) is 54.4 Å². The number of oxazole rings is 1. The average molecular weight is 225 g/mol. The summed E-state index contributed by atoms with van der Waals surface area (Å²) < 4.78 is 5.65. The molecular formula is C13H11N3O. The van der Waals surface area contributed by atoms with Gasteiger partial charge < -0.3 is 10.2 Å². The van der Waals surface area contributed by atoms with Gasteiger partial charge in [0.2, 0.25) is 5.89 Å². The molecule has 2 aromatic heterocycles. The summed E-state index contributed by atoms with van der Waals surface area (Å²) in [6, 6.07) is 1.83. The van der Waals surface area contributed by atoms with E-state index in [4.69, 9.17) is 10.2 Å². The predicted molar refractivity (Wildman–Crippen MR) is 65.8 cm³/mol. The number of pyridine rings is 1. The van der Waals surface area contributed by atoms with Gasteiger partial charge in [-0.3, -0.25) is 4.98 Å². The van der Waals surface area contributed by atoms with Gasteiger partial charge in [0.25, 0.3) is 0 Å². The molecule has 0 fully saturated rings. The van der Waals surface area contributed by atoms with Gasteiger partial charge in [-0.05, 0) is 18.6 Å². The van der Waals surface area contributed by atoms with Crippen LogP contribution in [0.3, 0.4) is 0 Å². The Kier molecular flexibility index (Phi) is 2.26. The lowest BCUT2D eigenvalue weighted by Crippen LogP contribution is -1.91. The van der Waals surface area contributed by atoms with Crippen LogP contribution in [0.25, 0.3) is 16.7 Å². The summed E-state index contributed by atoms with van der Waals surface area (Å²) in [6.45, 7) is 0. The van der Waals surface area contributed by atoms with Crippen LogP contribution in [0.1, 0.15) is 12.3 Å². The molecular weight excluding hydrogens is 214 g/mol. The van der Waals surface area contributed by atoms with Gasteiger partial charge in [0, 0.05) is 17.5 Å². The number of nitrogens with zero attached hydrogens (tertiary/aromatic N) is 2. The van der Waals surface area contributed by atoms with Crippen LogP contribution in [0, 0.1) is 0 Å². The van der Waals surface area contributed by atoms with Crippen molar-refractivity contribution in [2.24, 2.45) is 5.73 Å². The van der Waals surface area contributed by atoms with Crippen molar-refractivity contribution in [3.8, 4) is 0 Å². The Balaban J connectivity index is 2.04. The Morgan fingerprint density at radius 3 is 3.18 bits per heavy atom. The third kappa shape index (κ3) is 1.85. The molecule has 17 heavy (non-hydrogen) atoms. The van der Waals surface area contributed by atoms with Crippen LogP contribution in [-0.4, -0.2) is 9.97 Å². The number of nitrogens with two attached hydrogens (primary N) is 1. The first-order valence-corrected chi connectivity index (χ1v) is 5.37. The van der Waals surface area contributed by atoms with Gasteiger partial charge in [-0.1, -0.05) is 18.2 Å². The molecule has 0 unspecified atom stereocenters. The molecule has 0 saturated carbocycles. The molecule has 4 nitrogen and oxygen atoms in total. The van der Waals surface area contributed by atoms with E-state index in [0.29, 0.717) is 11.5 Å². The highest BCUT2D eigenvalue weighted by Gasteiger charge is 2.10. The summed E-state index contributed by atoms with van der Waals surface area (Å²) in [7, 11) is 0. The molecule has 1 aliphatic carbocycles. The second kappa shape index (κ2) is 3.90. The number of hydrogen-bond donors (Lipinski definition) is 1. The van der Waals surface area contributed by atoms with Crippen molar-refractivity contribution in [2.45, 2.75) is 6.42 Å². The average Bonchev–Trinajstić information content (AvgIpc) is 2.65. The van der Waals surface area contributed by atoms with E-state index in [2.05, 4.69) is 9.97 Å². The Morgan fingerprint density at radius 1 is 1.35 bits per heavy atom. The van der Waals surface area contributed by atoms with Gasteiger partial charge in [-0.25, -0.2) is 4.98 Å². The molecule has 2 N–H and O–H groups in total. The summed E-state index contributed by atoms with van der Waals surface area (Å²) >= 11 is 0. The summed E-state index contributed by atoms with van der Waals surface area (Å²) in [5, 5.41) is 0. The quantitative estimate of drug-likeness (QED) is 0.809. The maximum absolute atomic E-state index is 5.73. The van der Waals surface area contributed by atoms with Crippen LogP contribution < -0.4 is 5.73 Å². The highest BCUT2D eigenvalue weighted by atomic mass is 16.3. The maximum Gasteiger partial charge on any atom is 0.223 e. The molecule has 0 amide bonds. The molecule has 2 heterocycles. The Morgan fingerprint density at radius 2 is 2.29 bits per heavy atom. The van der Waals surface area contributed by atoms with Crippen molar-refractivity contribution >= 4 is 16.7 Å². The standard InChI is InChI=1S/C13H11N3O/c14-10-3-1-2-9(4-5-10)13-16-11-6-7-15-8-12(11)17-13/h1-3,5-8H,4,14H2. The number of fused-ring (bicyclic) bond motifs is 1. The van der Waals surface area contributed by atoms with Crippen molar-refractivity contribution in [1.29, 1.82) is 0 Å². The molecule has 0 radical (unpaired) electrons. The summed E-state index contributed by atoms with van der Waals surface area (Å²) in [5.41, 5.74) is 9.02. The Bertz CT molecular complexity index is 614. The minimum absolute atomic E-state index is 0.628. The van der Waals surface area contributed by atoms with E-state index in [0.717, 1.165) is 23.2 Å². The maximum atomic E-state index is 5.73. The van der Waals surface area contributed by atoms with Crippen molar-refractivity contribution in [3.63, 3.8) is 0 Å². The lowest BCUT2D eigenvalue weighted by molar-refractivity contribution is 0.581. The third-order valence-electron chi connectivity index (χ3n) is 2.61. The molecule has 84 valence electrons. The predicted octanol–water partition coefficient (Wildman–Crippen LogP) is 2.41. The van der Waals surface area contributed by atoms with Gasteiger partial charge >= 0.3 is 0 Å². The van der Waals surface area contributed by atoms with Gasteiger partial charge in [0.1, 0.15) is 5.52 Å². The van der Waals surface area contributed by atoms with E-state index >= 15 is 0 Å². The molecule has 1 aliphatic rings. The molecule has 4 heteroatoms. The SMILES string of the molecule is NC1=CCC(c2nc3ccncc3o2)=CC=C1. The number of allylic oxidation sites excluding steroid dienone is 5. The zero-order valence-electron chi connectivity index (χ0n) is 9.13. The van der Waals surface area contributed by atoms with Gasteiger partial charge in [0.05, 0.1) is 6.20 Å². The second-order valence-corrected chi connectivity index (χ2v) is 3.82. The zero-order valence-corrected chi connectivity index (χ0v) is 9.13. The van der Waals surface area contributed by atoms with E-state index < -0.39 is 0 Å². The molecule has 0 saturated heterocycles. The van der Waals surface area contributed by atoms with Crippen LogP contribution >= 0.6 is 0 Å². The lowest BCUT2D eigenvalue weighted by Gasteiger charge is -1.96. The van der Waals surface area contributed by atoms with Crippen LogP contribution in [0.15, 0.2) is 52.9 Å². The van der Waals surface area contributed by atoms with Crippen LogP contribution in [0.4, 0.5) is 0 Å². The van der Waals surface area contributed by atoms with E-state index in [1.165, 1.54) is 0 Å². The molecule has 3 rings (SSSR count). The molecule has 0 bridgehead atoms. The molecule has 0 atom stereocenters. The highest BCUT2D eigenvalue weighted by Crippen LogP contribution is 2.24. The first-order valence-electron chi connectivity index (χ1n) is 5.37. The first-order chi connectivity index (χ1) is 8.33. The van der Waals surface area contributed by atoms with Crippen LogP contribution in [0.5, 0.6) is 0 Å². The van der Waals surface area contributed by atoms with Crippen molar-refractivity contribution in [1.82, 2.24) is 9.97 Å². The largest absolute Gasteiger partial charge is 0.435 e. The summed E-state index contributed by atoms with van der Waals surface area (Å²) in [4.78, 5) is 8.43.